The maximum Gasteiger partial charge on any atom is 0.323 e. The molecule has 0 bridgehead atoms. The minimum absolute atomic E-state index is 0.150. The highest BCUT2D eigenvalue weighted by Gasteiger charge is 2.20. The summed E-state index contributed by atoms with van der Waals surface area (Å²) in [5.74, 6) is -0.173. The number of rotatable bonds is 9. The lowest BCUT2D eigenvalue weighted by Gasteiger charge is -2.16. The lowest BCUT2D eigenvalue weighted by Crippen LogP contribution is -2.38. The fourth-order valence-electron chi connectivity index (χ4n) is 1.23. The Labute approximate surface area is 97.5 Å². The fraction of sp³-hybridized carbons (Fsp3) is 0.833. The highest BCUT2D eigenvalue weighted by molar-refractivity contribution is 5.75. The van der Waals surface area contributed by atoms with Gasteiger partial charge in [0, 0.05) is 6.42 Å². The molecule has 0 heterocycles. The second-order valence-corrected chi connectivity index (χ2v) is 4.03. The number of carbonyl (C=O) groups is 1. The van der Waals surface area contributed by atoms with Crippen molar-refractivity contribution < 1.29 is 14.3 Å². The molecule has 4 nitrogen and oxygen atoms in total. The first kappa shape index (κ1) is 15.1. The minimum Gasteiger partial charge on any atom is -0.465 e. The van der Waals surface area contributed by atoms with Gasteiger partial charge in [0.2, 0.25) is 0 Å². The van der Waals surface area contributed by atoms with Crippen LogP contribution in [0.2, 0.25) is 0 Å². The van der Waals surface area contributed by atoms with E-state index in [2.05, 4.69) is 0 Å². The fourth-order valence-corrected chi connectivity index (χ4v) is 1.23. The Kier molecular flexibility index (Phi) is 8.81. The molecular formula is C12H22NO3. The van der Waals surface area contributed by atoms with Gasteiger partial charge in [-0.25, -0.2) is 0 Å². The quantitative estimate of drug-likeness (QED) is 0.480. The molecule has 0 spiro atoms. The van der Waals surface area contributed by atoms with E-state index in [4.69, 9.17) is 10.5 Å². The predicted octanol–water partition coefficient (Wildman–Crippen LogP) is 1.57. The van der Waals surface area contributed by atoms with Gasteiger partial charge in [0.15, 0.2) is 6.29 Å². The number of ether oxygens (including phenoxy) is 1. The van der Waals surface area contributed by atoms with E-state index in [1.165, 1.54) is 0 Å². The molecule has 93 valence electrons. The lowest BCUT2D eigenvalue weighted by molar-refractivity contribution is -0.146. The molecule has 0 aromatic carbocycles. The van der Waals surface area contributed by atoms with E-state index >= 15 is 0 Å². The molecule has 2 N–H and O–H groups in total. The first-order valence-electron chi connectivity index (χ1n) is 5.90. The third kappa shape index (κ3) is 6.56. The molecule has 0 fully saturated rings. The molecule has 0 aliphatic heterocycles. The second-order valence-electron chi connectivity index (χ2n) is 4.03. The van der Waals surface area contributed by atoms with Crippen LogP contribution in [0.15, 0.2) is 0 Å². The molecule has 16 heavy (non-hydrogen) atoms. The Morgan fingerprint density at radius 2 is 2.06 bits per heavy atom. The molecule has 0 saturated carbocycles. The molecule has 1 radical (unpaired) electrons. The summed E-state index contributed by atoms with van der Waals surface area (Å²) in [7, 11) is 0. The normalized spacial score (nSPS) is 14.2. The molecule has 0 aromatic rings. The summed E-state index contributed by atoms with van der Waals surface area (Å²) in [5.41, 5.74) is 5.71. The number of nitrogens with two attached hydrogens (primary N) is 1. The topological polar surface area (TPSA) is 69.4 Å². The van der Waals surface area contributed by atoms with Crippen LogP contribution in [0.3, 0.4) is 0 Å². The highest BCUT2D eigenvalue weighted by Crippen LogP contribution is 2.07. The van der Waals surface area contributed by atoms with Gasteiger partial charge < -0.3 is 10.5 Å². The van der Waals surface area contributed by atoms with E-state index in [1.807, 2.05) is 20.1 Å². The largest absolute Gasteiger partial charge is 0.465 e. The van der Waals surface area contributed by atoms with Gasteiger partial charge in [-0.15, -0.1) is 0 Å². The summed E-state index contributed by atoms with van der Waals surface area (Å²) < 4.78 is 5.04. The summed E-state index contributed by atoms with van der Waals surface area (Å²) in [5, 5.41) is 0. The molecule has 0 aliphatic carbocycles. The Balaban J connectivity index is 3.53. The second kappa shape index (κ2) is 9.33. The van der Waals surface area contributed by atoms with Crippen molar-refractivity contribution in [2.24, 2.45) is 11.7 Å². The van der Waals surface area contributed by atoms with Crippen LogP contribution in [0.5, 0.6) is 0 Å². The van der Waals surface area contributed by atoms with Crippen molar-refractivity contribution >= 4 is 12.3 Å². The van der Waals surface area contributed by atoms with Gasteiger partial charge in [-0.3, -0.25) is 9.59 Å². The van der Waals surface area contributed by atoms with E-state index in [9.17, 15) is 9.59 Å². The summed E-state index contributed by atoms with van der Waals surface area (Å²) >= 11 is 0. The average molecular weight is 228 g/mol. The highest BCUT2D eigenvalue weighted by atomic mass is 16.5. The van der Waals surface area contributed by atoms with Crippen molar-refractivity contribution in [3.63, 3.8) is 0 Å². The molecule has 1 unspecified atom stereocenters. The van der Waals surface area contributed by atoms with Crippen LogP contribution in [0.25, 0.3) is 0 Å². The summed E-state index contributed by atoms with van der Waals surface area (Å²) in [6.45, 7) is 4.32. The molecule has 0 amide bonds. The number of hydrogen-bond donors (Lipinski definition) is 1. The van der Waals surface area contributed by atoms with Gasteiger partial charge in [0.05, 0.1) is 6.61 Å². The van der Waals surface area contributed by atoms with Crippen molar-refractivity contribution in [3.05, 3.63) is 0 Å². The molecule has 2 atom stereocenters. The van der Waals surface area contributed by atoms with Crippen molar-refractivity contribution in [2.45, 2.75) is 52.0 Å². The van der Waals surface area contributed by atoms with Gasteiger partial charge in [-0.1, -0.05) is 20.3 Å². The smallest absolute Gasteiger partial charge is 0.323 e. The Bertz CT molecular complexity index is 206. The zero-order chi connectivity index (χ0) is 12.4. The number of carbonyl (C=O) groups excluding carboxylic acids is 2. The SMILES string of the molecule is CCC(C)[C@H](N)C(=O)OCCCCC[C]=O. The molecule has 4 heteroatoms. The van der Waals surface area contributed by atoms with E-state index in [-0.39, 0.29) is 11.9 Å². The molecular weight excluding hydrogens is 206 g/mol. The summed E-state index contributed by atoms with van der Waals surface area (Å²) in [6, 6.07) is -0.520. The van der Waals surface area contributed by atoms with E-state index in [1.54, 1.807) is 0 Å². The minimum atomic E-state index is -0.520. The standard InChI is InChI=1S/C12H22NO3/c1-3-10(2)11(13)12(15)16-9-7-5-4-6-8-14/h10-11H,3-7,9,13H2,1-2H3/t10?,11-/m0/s1. The maximum absolute atomic E-state index is 11.4. The molecule has 0 rings (SSSR count). The number of esters is 1. The molecule has 0 aromatic heterocycles. The van der Waals surface area contributed by atoms with Crippen LogP contribution in [-0.4, -0.2) is 24.9 Å². The van der Waals surface area contributed by atoms with Crippen LogP contribution < -0.4 is 5.73 Å². The summed E-state index contributed by atoms with van der Waals surface area (Å²) in [4.78, 5) is 21.3. The van der Waals surface area contributed by atoms with Crippen LogP contribution in [0.1, 0.15) is 46.0 Å². The van der Waals surface area contributed by atoms with Crippen LogP contribution in [0, 0.1) is 5.92 Å². The van der Waals surface area contributed by atoms with Gasteiger partial charge in [0.25, 0.3) is 0 Å². The summed E-state index contributed by atoms with van der Waals surface area (Å²) in [6.07, 6.45) is 5.61. The predicted molar refractivity (Wildman–Crippen MR) is 62.6 cm³/mol. The van der Waals surface area contributed by atoms with Crippen LogP contribution in [0.4, 0.5) is 0 Å². The van der Waals surface area contributed by atoms with Crippen LogP contribution in [-0.2, 0) is 14.3 Å². The maximum atomic E-state index is 11.4. The Morgan fingerprint density at radius 1 is 1.38 bits per heavy atom. The third-order valence-electron chi connectivity index (χ3n) is 2.70. The van der Waals surface area contributed by atoms with E-state index in [0.717, 1.165) is 25.7 Å². The first-order valence-corrected chi connectivity index (χ1v) is 5.90. The molecule has 0 aliphatic rings. The molecule has 0 saturated heterocycles. The Morgan fingerprint density at radius 3 is 2.62 bits per heavy atom. The lowest BCUT2D eigenvalue weighted by atomic mass is 10.0. The van der Waals surface area contributed by atoms with Gasteiger partial charge in [0.1, 0.15) is 6.04 Å². The number of hydrogen-bond acceptors (Lipinski definition) is 4. The van der Waals surface area contributed by atoms with Gasteiger partial charge in [-0.05, 0) is 25.2 Å². The zero-order valence-corrected chi connectivity index (χ0v) is 10.2. The Hall–Kier alpha value is -0.900. The first-order chi connectivity index (χ1) is 7.63. The van der Waals surface area contributed by atoms with Gasteiger partial charge in [-0.2, -0.15) is 0 Å². The van der Waals surface area contributed by atoms with E-state index in [0.29, 0.717) is 13.0 Å². The number of unbranched alkanes of at least 4 members (excludes halogenated alkanes) is 3. The van der Waals surface area contributed by atoms with Crippen LogP contribution >= 0.6 is 0 Å². The van der Waals surface area contributed by atoms with Gasteiger partial charge >= 0.3 is 5.97 Å². The average Bonchev–Trinajstić information content (AvgIpc) is 2.31. The zero-order valence-electron chi connectivity index (χ0n) is 10.2. The van der Waals surface area contributed by atoms with Crippen molar-refractivity contribution in [1.82, 2.24) is 0 Å². The third-order valence-corrected chi connectivity index (χ3v) is 2.70. The van der Waals surface area contributed by atoms with Crippen molar-refractivity contribution in [3.8, 4) is 0 Å². The monoisotopic (exact) mass is 228 g/mol. The van der Waals surface area contributed by atoms with E-state index < -0.39 is 6.04 Å². The van der Waals surface area contributed by atoms with Crippen molar-refractivity contribution in [1.29, 1.82) is 0 Å². The van der Waals surface area contributed by atoms with Crippen molar-refractivity contribution in [2.75, 3.05) is 6.61 Å².